The van der Waals surface area contributed by atoms with Crippen LogP contribution in [-0.4, -0.2) is 36.8 Å². The molecule has 1 aliphatic rings. The highest BCUT2D eigenvalue weighted by atomic mass is 35.5. The summed E-state index contributed by atoms with van der Waals surface area (Å²) >= 11 is 0. The number of carbonyl (C=O) groups is 1. The van der Waals surface area contributed by atoms with E-state index in [9.17, 15) is 14.3 Å². The third-order valence-corrected chi connectivity index (χ3v) is 2.95. The average molecular weight is 275 g/mol. The first-order chi connectivity index (χ1) is 8.18. The summed E-state index contributed by atoms with van der Waals surface area (Å²) in [5.74, 6) is -0.983. The molecular weight excluding hydrogens is 259 g/mol. The molecule has 2 atom stereocenters. The molecule has 1 aliphatic heterocycles. The minimum absolute atomic E-state index is 0. The summed E-state index contributed by atoms with van der Waals surface area (Å²) in [6.45, 7) is 1.56. The number of benzene rings is 1. The van der Waals surface area contributed by atoms with Crippen LogP contribution in [0.3, 0.4) is 0 Å². The summed E-state index contributed by atoms with van der Waals surface area (Å²) in [7, 11) is 0. The van der Waals surface area contributed by atoms with Gasteiger partial charge >= 0.3 is 0 Å². The number of aliphatic hydroxyl groups excluding tert-OH is 1. The number of hydrogen-bond acceptors (Lipinski definition) is 3. The summed E-state index contributed by atoms with van der Waals surface area (Å²) in [5, 5.41) is 15.2. The largest absolute Gasteiger partial charge is 0.391 e. The number of amides is 1. The van der Waals surface area contributed by atoms with Crippen LogP contribution >= 0.6 is 12.4 Å². The van der Waals surface area contributed by atoms with Gasteiger partial charge in [-0.1, -0.05) is 12.1 Å². The first kappa shape index (κ1) is 14.9. The molecule has 0 radical (unpaired) electrons. The molecule has 1 aromatic carbocycles. The molecule has 3 N–H and O–H groups in total. The molecule has 1 aromatic rings. The van der Waals surface area contributed by atoms with Crippen LogP contribution in [0.15, 0.2) is 24.3 Å². The molecule has 1 heterocycles. The molecule has 1 saturated heterocycles. The van der Waals surface area contributed by atoms with E-state index in [1.165, 1.54) is 18.2 Å². The summed E-state index contributed by atoms with van der Waals surface area (Å²) < 4.78 is 13.3. The highest BCUT2D eigenvalue weighted by Crippen LogP contribution is 2.09. The third-order valence-electron chi connectivity index (χ3n) is 2.95. The van der Waals surface area contributed by atoms with Crippen molar-refractivity contribution in [3.8, 4) is 0 Å². The summed E-state index contributed by atoms with van der Waals surface area (Å²) in [4.78, 5) is 11.7. The van der Waals surface area contributed by atoms with E-state index in [0.717, 1.165) is 0 Å². The Hall–Kier alpha value is -1.17. The van der Waals surface area contributed by atoms with E-state index >= 15 is 0 Å². The van der Waals surface area contributed by atoms with Crippen LogP contribution in [0, 0.1) is 11.7 Å². The molecule has 4 nitrogen and oxygen atoms in total. The van der Waals surface area contributed by atoms with Crippen molar-refractivity contribution in [2.45, 2.75) is 6.10 Å². The Balaban J connectivity index is 0.00000162. The zero-order valence-corrected chi connectivity index (χ0v) is 10.5. The number of halogens is 2. The quantitative estimate of drug-likeness (QED) is 0.755. The molecule has 0 bridgehead atoms. The van der Waals surface area contributed by atoms with Crippen LogP contribution in [-0.2, 0) is 0 Å². The van der Waals surface area contributed by atoms with E-state index in [2.05, 4.69) is 10.6 Å². The van der Waals surface area contributed by atoms with Crippen LogP contribution < -0.4 is 10.6 Å². The van der Waals surface area contributed by atoms with Gasteiger partial charge in [-0.05, 0) is 12.1 Å². The minimum Gasteiger partial charge on any atom is -0.391 e. The van der Waals surface area contributed by atoms with Crippen molar-refractivity contribution in [2.24, 2.45) is 5.92 Å². The fraction of sp³-hybridized carbons (Fsp3) is 0.417. The average Bonchev–Trinajstić information content (AvgIpc) is 2.72. The maximum absolute atomic E-state index is 13.3. The lowest BCUT2D eigenvalue weighted by Crippen LogP contribution is -2.34. The first-order valence-electron chi connectivity index (χ1n) is 5.60. The fourth-order valence-corrected chi connectivity index (χ4v) is 1.89. The topological polar surface area (TPSA) is 61.4 Å². The van der Waals surface area contributed by atoms with Crippen molar-refractivity contribution < 1.29 is 14.3 Å². The van der Waals surface area contributed by atoms with E-state index in [-0.39, 0.29) is 23.9 Å². The summed E-state index contributed by atoms with van der Waals surface area (Å²) in [6, 6.07) is 5.84. The van der Waals surface area contributed by atoms with Gasteiger partial charge in [0.25, 0.3) is 5.91 Å². The Morgan fingerprint density at radius 3 is 2.78 bits per heavy atom. The molecule has 100 valence electrons. The second-order valence-electron chi connectivity index (χ2n) is 4.18. The van der Waals surface area contributed by atoms with Crippen LogP contribution in [0.2, 0.25) is 0 Å². The summed E-state index contributed by atoms with van der Waals surface area (Å²) in [6.07, 6.45) is -0.448. The van der Waals surface area contributed by atoms with Crippen molar-refractivity contribution >= 4 is 18.3 Å². The minimum atomic E-state index is -0.532. The number of aliphatic hydroxyl groups is 1. The third kappa shape index (κ3) is 3.41. The van der Waals surface area contributed by atoms with Gasteiger partial charge in [0.2, 0.25) is 0 Å². The monoisotopic (exact) mass is 274 g/mol. The van der Waals surface area contributed by atoms with Gasteiger partial charge in [0, 0.05) is 25.6 Å². The Kier molecular flexibility index (Phi) is 5.53. The molecule has 0 saturated carbocycles. The van der Waals surface area contributed by atoms with Gasteiger partial charge in [-0.25, -0.2) is 4.39 Å². The van der Waals surface area contributed by atoms with Gasteiger partial charge in [0.1, 0.15) is 5.82 Å². The van der Waals surface area contributed by atoms with Crippen molar-refractivity contribution in [1.82, 2.24) is 10.6 Å². The van der Waals surface area contributed by atoms with E-state index in [0.29, 0.717) is 19.6 Å². The molecule has 0 spiro atoms. The summed E-state index contributed by atoms with van der Waals surface area (Å²) in [5.41, 5.74) is 0.0351. The maximum Gasteiger partial charge on any atom is 0.254 e. The molecule has 0 aromatic heterocycles. The highest BCUT2D eigenvalue weighted by Gasteiger charge is 2.25. The van der Waals surface area contributed by atoms with Gasteiger partial charge in [-0.15, -0.1) is 12.4 Å². The Bertz CT molecular complexity index is 417. The van der Waals surface area contributed by atoms with Crippen LogP contribution in [0.25, 0.3) is 0 Å². The zero-order chi connectivity index (χ0) is 12.3. The predicted molar refractivity (Wildman–Crippen MR) is 68.3 cm³/mol. The normalized spacial score (nSPS) is 22.3. The van der Waals surface area contributed by atoms with Gasteiger partial charge in [-0.2, -0.15) is 0 Å². The van der Waals surface area contributed by atoms with Gasteiger partial charge in [0.15, 0.2) is 0 Å². The second-order valence-corrected chi connectivity index (χ2v) is 4.18. The van der Waals surface area contributed by atoms with Crippen LogP contribution in [0.4, 0.5) is 4.39 Å². The Morgan fingerprint density at radius 2 is 2.17 bits per heavy atom. The molecule has 2 unspecified atom stereocenters. The zero-order valence-electron chi connectivity index (χ0n) is 9.73. The van der Waals surface area contributed by atoms with Crippen molar-refractivity contribution in [3.05, 3.63) is 35.6 Å². The van der Waals surface area contributed by atoms with E-state index in [1.54, 1.807) is 6.07 Å². The van der Waals surface area contributed by atoms with Gasteiger partial charge in [-0.3, -0.25) is 4.79 Å². The Morgan fingerprint density at radius 1 is 1.44 bits per heavy atom. The van der Waals surface area contributed by atoms with Gasteiger partial charge in [0.05, 0.1) is 11.7 Å². The number of carbonyl (C=O) groups excluding carboxylic acids is 1. The van der Waals surface area contributed by atoms with Gasteiger partial charge < -0.3 is 15.7 Å². The first-order valence-corrected chi connectivity index (χ1v) is 5.60. The lowest BCUT2D eigenvalue weighted by atomic mass is 10.1. The SMILES string of the molecule is Cl.O=C(NCC1CNCC1O)c1ccccc1F. The van der Waals surface area contributed by atoms with Crippen LogP contribution in [0.5, 0.6) is 0 Å². The number of nitrogens with one attached hydrogen (secondary N) is 2. The molecule has 0 aliphatic carbocycles. The van der Waals surface area contributed by atoms with Crippen molar-refractivity contribution in [1.29, 1.82) is 0 Å². The fourth-order valence-electron chi connectivity index (χ4n) is 1.89. The van der Waals surface area contributed by atoms with Crippen molar-refractivity contribution in [3.63, 3.8) is 0 Å². The van der Waals surface area contributed by atoms with E-state index in [1.807, 2.05) is 0 Å². The van der Waals surface area contributed by atoms with Crippen molar-refractivity contribution in [2.75, 3.05) is 19.6 Å². The second kappa shape index (κ2) is 6.68. The van der Waals surface area contributed by atoms with E-state index in [4.69, 9.17) is 0 Å². The molecule has 18 heavy (non-hydrogen) atoms. The van der Waals surface area contributed by atoms with Crippen LogP contribution in [0.1, 0.15) is 10.4 Å². The molecule has 6 heteroatoms. The maximum atomic E-state index is 13.3. The smallest absolute Gasteiger partial charge is 0.254 e. The number of β-amino-alcohol motifs (C(OH)–C–C–N with tert-alkyl or cyclic N) is 1. The highest BCUT2D eigenvalue weighted by molar-refractivity contribution is 5.94. The molecule has 2 rings (SSSR count). The predicted octanol–water partition coefficient (Wildman–Crippen LogP) is 0.558. The molecule has 1 fully saturated rings. The lowest BCUT2D eigenvalue weighted by molar-refractivity contribution is 0.0923. The lowest BCUT2D eigenvalue weighted by Gasteiger charge is -2.14. The Labute approximate surface area is 111 Å². The van der Waals surface area contributed by atoms with E-state index < -0.39 is 17.8 Å². The molecular formula is C12H16ClFN2O2. The molecule has 1 amide bonds. The number of hydrogen-bond donors (Lipinski definition) is 3. The standard InChI is InChI=1S/C12H15FN2O2.ClH/c13-10-4-2-1-3-9(10)12(17)15-6-8-5-14-7-11(8)16;/h1-4,8,11,14,16H,5-7H2,(H,15,17);1H. The number of rotatable bonds is 3.